The molecule has 188 valence electrons. The summed E-state index contributed by atoms with van der Waals surface area (Å²) in [6, 6.07) is 4.86. The Kier molecular flexibility index (Phi) is 8.36. The summed E-state index contributed by atoms with van der Waals surface area (Å²) >= 11 is 0. The van der Waals surface area contributed by atoms with Gasteiger partial charge in [-0.15, -0.1) is 13.2 Å². The van der Waals surface area contributed by atoms with E-state index in [1.165, 1.54) is 6.42 Å². The highest BCUT2D eigenvalue weighted by atomic mass is 19.4. The molecule has 1 aliphatic rings. The fourth-order valence-electron chi connectivity index (χ4n) is 4.54. The Labute approximate surface area is 194 Å². The lowest BCUT2D eigenvalue weighted by molar-refractivity contribution is -0.274. The van der Waals surface area contributed by atoms with Crippen LogP contribution in [-0.2, 0) is 12.5 Å². The van der Waals surface area contributed by atoms with Crippen LogP contribution < -0.4 is 9.47 Å². The summed E-state index contributed by atoms with van der Waals surface area (Å²) < 4.78 is 103. The van der Waals surface area contributed by atoms with Crippen LogP contribution in [0.15, 0.2) is 36.4 Å². The van der Waals surface area contributed by atoms with E-state index in [1.54, 1.807) is 0 Å². The SMILES string of the molecule is CCCC1CCC(CCc2cc(F)c(C(F)(F)Oc3ccc(OC(F)(F)F)cc3)c(F)c2)CC1. The van der Waals surface area contributed by atoms with E-state index >= 15 is 0 Å². The van der Waals surface area contributed by atoms with Gasteiger partial charge in [0.05, 0.1) is 0 Å². The molecule has 0 amide bonds. The summed E-state index contributed by atoms with van der Waals surface area (Å²) in [6.07, 6.45) is -1.43. The number of aryl methyl sites for hydroxylation is 1. The maximum Gasteiger partial charge on any atom is 0.573 e. The van der Waals surface area contributed by atoms with Crippen molar-refractivity contribution < 1.29 is 40.2 Å². The Morgan fingerprint density at radius 1 is 0.765 bits per heavy atom. The Bertz CT molecular complexity index is 910. The normalized spacial score (nSPS) is 19.2. The lowest BCUT2D eigenvalue weighted by Gasteiger charge is -2.28. The van der Waals surface area contributed by atoms with Gasteiger partial charge in [0.25, 0.3) is 0 Å². The minimum Gasteiger partial charge on any atom is -0.429 e. The molecule has 2 aromatic carbocycles. The second-order valence-corrected chi connectivity index (χ2v) is 8.79. The second-order valence-electron chi connectivity index (χ2n) is 8.79. The number of hydrogen-bond donors (Lipinski definition) is 0. The number of benzene rings is 2. The molecule has 0 aromatic heterocycles. The van der Waals surface area contributed by atoms with Gasteiger partial charge in [-0.1, -0.05) is 45.4 Å². The number of ether oxygens (including phenoxy) is 2. The van der Waals surface area contributed by atoms with E-state index in [2.05, 4.69) is 16.4 Å². The summed E-state index contributed by atoms with van der Waals surface area (Å²) in [4.78, 5) is 0. The minimum absolute atomic E-state index is 0.291. The van der Waals surface area contributed by atoms with Crippen LogP contribution in [-0.4, -0.2) is 6.36 Å². The highest BCUT2D eigenvalue weighted by molar-refractivity contribution is 5.34. The van der Waals surface area contributed by atoms with Crippen LogP contribution in [0.4, 0.5) is 30.7 Å². The molecule has 0 saturated heterocycles. The fraction of sp³-hybridized carbons (Fsp3) is 0.520. The maximum absolute atomic E-state index is 14.5. The quantitative estimate of drug-likeness (QED) is 0.327. The Hall–Kier alpha value is -2.45. The van der Waals surface area contributed by atoms with Crippen LogP contribution in [0, 0.1) is 23.5 Å². The number of halogens is 7. The highest BCUT2D eigenvalue weighted by Gasteiger charge is 2.41. The van der Waals surface area contributed by atoms with Gasteiger partial charge < -0.3 is 9.47 Å². The van der Waals surface area contributed by atoms with Gasteiger partial charge >= 0.3 is 12.5 Å². The van der Waals surface area contributed by atoms with Crippen LogP contribution in [0.2, 0.25) is 0 Å². The van der Waals surface area contributed by atoms with Crippen molar-refractivity contribution in [3.63, 3.8) is 0 Å². The molecule has 0 spiro atoms. The zero-order valence-electron chi connectivity index (χ0n) is 18.7. The smallest absolute Gasteiger partial charge is 0.429 e. The standard InChI is InChI=1S/C25H27F7O2/c1-2-3-16-4-6-17(7-5-16)8-9-18-14-21(26)23(22(27)15-18)24(28,29)33-19-10-12-20(13-11-19)34-25(30,31)32/h10-17H,2-9H2,1H3. The van der Waals surface area contributed by atoms with E-state index in [0.29, 0.717) is 17.9 Å². The molecule has 34 heavy (non-hydrogen) atoms. The second kappa shape index (κ2) is 10.9. The zero-order chi connectivity index (χ0) is 24.9. The molecule has 0 bridgehead atoms. The average Bonchev–Trinajstić information content (AvgIpc) is 2.73. The summed E-state index contributed by atoms with van der Waals surface area (Å²) in [7, 11) is 0. The van der Waals surface area contributed by atoms with Crippen molar-refractivity contribution in [2.45, 2.75) is 70.8 Å². The fourth-order valence-corrected chi connectivity index (χ4v) is 4.54. The molecule has 1 saturated carbocycles. The van der Waals surface area contributed by atoms with Crippen molar-refractivity contribution in [2.24, 2.45) is 11.8 Å². The van der Waals surface area contributed by atoms with Crippen molar-refractivity contribution in [1.29, 1.82) is 0 Å². The number of rotatable bonds is 9. The van der Waals surface area contributed by atoms with Gasteiger partial charge in [0.15, 0.2) is 0 Å². The predicted octanol–water partition coefficient (Wildman–Crippen LogP) is 8.53. The Morgan fingerprint density at radius 3 is 1.71 bits per heavy atom. The van der Waals surface area contributed by atoms with E-state index in [0.717, 1.165) is 80.8 Å². The van der Waals surface area contributed by atoms with Crippen molar-refractivity contribution >= 4 is 0 Å². The molecule has 9 heteroatoms. The first-order valence-electron chi connectivity index (χ1n) is 11.4. The largest absolute Gasteiger partial charge is 0.573 e. The molecule has 2 nitrogen and oxygen atoms in total. The van der Waals surface area contributed by atoms with Crippen molar-refractivity contribution in [3.05, 3.63) is 59.2 Å². The van der Waals surface area contributed by atoms with E-state index in [-0.39, 0.29) is 0 Å². The first-order chi connectivity index (χ1) is 16.0. The molecular weight excluding hydrogens is 465 g/mol. The van der Waals surface area contributed by atoms with Gasteiger partial charge in [-0.05, 0) is 66.6 Å². The predicted molar refractivity (Wildman–Crippen MR) is 113 cm³/mol. The first-order valence-corrected chi connectivity index (χ1v) is 11.4. The Balaban J connectivity index is 1.63. The van der Waals surface area contributed by atoms with E-state index < -0.39 is 41.2 Å². The Morgan fingerprint density at radius 2 is 1.24 bits per heavy atom. The summed E-state index contributed by atoms with van der Waals surface area (Å²) in [6.45, 7) is 2.16. The van der Waals surface area contributed by atoms with Gasteiger partial charge in [0, 0.05) is 0 Å². The lowest BCUT2D eigenvalue weighted by atomic mass is 9.78. The molecule has 0 unspecified atom stereocenters. The molecule has 3 rings (SSSR count). The molecule has 0 aliphatic heterocycles. The molecule has 1 fully saturated rings. The minimum atomic E-state index is -4.95. The number of hydrogen-bond acceptors (Lipinski definition) is 2. The lowest BCUT2D eigenvalue weighted by Crippen LogP contribution is -2.25. The van der Waals surface area contributed by atoms with Crippen molar-refractivity contribution in [2.75, 3.05) is 0 Å². The van der Waals surface area contributed by atoms with Gasteiger partial charge in [0.2, 0.25) is 0 Å². The van der Waals surface area contributed by atoms with Crippen LogP contribution in [0.25, 0.3) is 0 Å². The molecule has 2 aromatic rings. The maximum atomic E-state index is 14.5. The third-order valence-corrected chi connectivity index (χ3v) is 6.20. The van der Waals surface area contributed by atoms with Crippen LogP contribution >= 0.6 is 0 Å². The third kappa shape index (κ3) is 7.27. The van der Waals surface area contributed by atoms with Crippen LogP contribution in [0.3, 0.4) is 0 Å². The highest BCUT2D eigenvalue weighted by Crippen LogP contribution is 2.37. The topological polar surface area (TPSA) is 18.5 Å². The van der Waals surface area contributed by atoms with Crippen LogP contribution in [0.1, 0.15) is 63.0 Å². The summed E-state index contributed by atoms with van der Waals surface area (Å²) in [5.41, 5.74) is -1.26. The summed E-state index contributed by atoms with van der Waals surface area (Å²) in [5.74, 6) is -2.92. The van der Waals surface area contributed by atoms with E-state index in [1.807, 2.05) is 0 Å². The van der Waals surface area contributed by atoms with Gasteiger partial charge in [-0.2, -0.15) is 8.78 Å². The molecule has 0 radical (unpaired) electrons. The van der Waals surface area contributed by atoms with Gasteiger partial charge in [-0.25, -0.2) is 8.78 Å². The van der Waals surface area contributed by atoms with E-state index in [9.17, 15) is 30.7 Å². The number of alkyl halides is 5. The molecule has 0 atom stereocenters. The molecule has 0 N–H and O–H groups in total. The van der Waals surface area contributed by atoms with Crippen molar-refractivity contribution in [1.82, 2.24) is 0 Å². The van der Waals surface area contributed by atoms with Crippen LogP contribution in [0.5, 0.6) is 11.5 Å². The first kappa shape index (κ1) is 26.2. The third-order valence-electron chi connectivity index (χ3n) is 6.20. The van der Waals surface area contributed by atoms with E-state index in [4.69, 9.17) is 0 Å². The molecule has 0 heterocycles. The summed E-state index contributed by atoms with van der Waals surface area (Å²) in [5, 5.41) is 0. The average molecular weight is 492 g/mol. The molecular formula is C25H27F7O2. The molecule has 1 aliphatic carbocycles. The monoisotopic (exact) mass is 492 g/mol. The van der Waals surface area contributed by atoms with Crippen molar-refractivity contribution in [3.8, 4) is 11.5 Å². The van der Waals surface area contributed by atoms with Gasteiger partial charge in [-0.3, -0.25) is 0 Å². The zero-order valence-corrected chi connectivity index (χ0v) is 18.7. The van der Waals surface area contributed by atoms with Gasteiger partial charge in [0.1, 0.15) is 28.7 Å².